The lowest BCUT2D eigenvalue weighted by Gasteiger charge is -2.10. The summed E-state index contributed by atoms with van der Waals surface area (Å²) in [5, 5.41) is 7.66. The monoisotopic (exact) mass is 326 g/mol. The van der Waals surface area contributed by atoms with Gasteiger partial charge in [0, 0.05) is 18.0 Å². The molecular weight excluding hydrogens is 316 g/mol. The third kappa shape index (κ3) is 3.20. The number of halogens is 1. The first-order valence-electron chi connectivity index (χ1n) is 5.74. The summed E-state index contributed by atoms with van der Waals surface area (Å²) in [5.74, 6) is -0.712. The SMILES string of the molecule is COC(=O)c1cc(S(C)(=O)=O)c(-c2cccnn2)cc1Cl. The predicted octanol–water partition coefficient (Wildman–Crippen LogP) is 1.99. The summed E-state index contributed by atoms with van der Waals surface area (Å²) in [4.78, 5) is 11.6. The van der Waals surface area contributed by atoms with Crippen LogP contribution in [0, 0.1) is 0 Å². The molecule has 6 nitrogen and oxygen atoms in total. The number of carbonyl (C=O) groups excluding carboxylic acids is 1. The van der Waals surface area contributed by atoms with E-state index in [1.54, 1.807) is 12.1 Å². The number of nitrogens with zero attached hydrogens (tertiary/aromatic N) is 2. The molecule has 0 atom stereocenters. The molecule has 2 aromatic rings. The van der Waals surface area contributed by atoms with Crippen molar-refractivity contribution in [1.82, 2.24) is 10.2 Å². The van der Waals surface area contributed by atoms with Gasteiger partial charge >= 0.3 is 5.97 Å². The second kappa shape index (κ2) is 5.79. The van der Waals surface area contributed by atoms with Crippen molar-refractivity contribution in [2.75, 3.05) is 13.4 Å². The number of sulfone groups is 1. The number of benzene rings is 1. The van der Waals surface area contributed by atoms with E-state index in [1.165, 1.54) is 25.4 Å². The Bertz CT molecular complexity index is 791. The molecule has 0 radical (unpaired) electrons. The van der Waals surface area contributed by atoms with Crippen LogP contribution in [0.25, 0.3) is 11.3 Å². The highest BCUT2D eigenvalue weighted by molar-refractivity contribution is 7.90. The zero-order valence-corrected chi connectivity index (χ0v) is 12.8. The van der Waals surface area contributed by atoms with Crippen molar-refractivity contribution >= 4 is 27.4 Å². The zero-order chi connectivity index (χ0) is 15.6. The van der Waals surface area contributed by atoms with Gasteiger partial charge in [0.2, 0.25) is 0 Å². The summed E-state index contributed by atoms with van der Waals surface area (Å²) < 4.78 is 28.5. The van der Waals surface area contributed by atoms with Gasteiger partial charge in [0.1, 0.15) is 0 Å². The van der Waals surface area contributed by atoms with Gasteiger partial charge in [-0.15, -0.1) is 0 Å². The predicted molar refractivity (Wildman–Crippen MR) is 76.9 cm³/mol. The van der Waals surface area contributed by atoms with E-state index >= 15 is 0 Å². The Morgan fingerprint density at radius 3 is 2.57 bits per heavy atom. The number of methoxy groups -OCH3 is 1. The molecule has 0 N–H and O–H groups in total. The van der Waals surface area contributed by atoms with Crippen molar-refractivity contribution < 1.29 is 17.9 Å². The van der Waals surface area contributed by atoms with Gasteiger partial charge in [-0.05, 0) is 24.3 Å². The minimum absolute atomic E-state index is 0.0211. The largest absolute Gasteiger partial charge is 0.465 e. The highest BCUT2D eigenvalue weighted by atomic mass is 35.5. The van der Waals surface area contributed by atoms with Gasteiger partial charge in [0.05, 0.1) is 28.3 Å². The number of aromatic nitrogens is 2. The van der Waals surface area contributed by atoms with Gasteiger partial charge in [0.15, 0.2) is 9.84 Å². The Balaban J connectivity index is 2.77. The van der Waals surface area contributed by atoms with E-state index in [-0.39, 0.29) is 21.0 Å². The van der Waals surface area contributed by atoms with Gasteiger partial charge in [0.25, 0.3) is 0 Å². The molecule has 21 heavy (non-hydrogen) atoms. The van der Waals surface area contributed by atoms with Crippen LogP contribution < -0.4 is 0 Å². The van der Waals surface area contributed by atoms with Gasteiger partial charge in [-0.1, -0.05) is 11.6 Å². The summed E-state index contributed by atoms with van der Waals surface area (Å²) in [6.45, 7) is 0. The smallest absolute Gasteiger partial charge is 0.339 e. The van der Waals surface area contributed by atoms with Gasteiger partial charge < -0.3 is 4.74 Å². The quantitative estimate of drug-likeness (QED) is 0.802. The third-order valence-corrected chi connectivity index (χ3v) is 4.17. The molecule has 2 rings (SSSR count). The van der Waals surface area contributed by atoms with Gasteiger partial charge in [-0.2, -0.15) is 10.2 Å². The number of esters is 1. The molecule has 1 heterocycles. The van der Waals surface area contributed by atoms with Crippen LogP contribution in [0.1, 0.15) is 10.4 Å². The Morgan fingerprint density at radius 2 is 2.05 bits per heavy atom. The van der Waals surface area contributed by atoms with Crippen LogP contribution in [-0.2, 0) is 14.6 Å². The van der Waals surface area contributed by atoms with E-state index in [2.05, 4.69) is 14.9 Å². The Labute approximate surface area is 126 Å². The molecule has 1 aromatic heterocycles. The molecule has 0 aliphatic rings. The lowest BCUT2D eigenvalue weighted by Crippen LogP contribution is -2.07. The fourth-order valence-electron chi connectivity index (χ4n) is 1.77. The highest BCUT2D eigenvalue weighted by Crippen LogP contribution is 2.31. The normalized spacial score (nSPS) is 11.2. The lowest BCUT2D eigenvalue weighted by molar-refractivity contribution is 0.0600. The van der Waals surface area contributed by atoms with Crippen molar-refractivity contribution in [2.45, 2.75) is 4.90 Å². The zero-order valence-electron chi connectivity index (χ0n) is 11.2. The molecule has 0 spiro atoms. The first-order chi connectivity index (χ1) is 9.84. The molecule has 8 heteroatoms. The molecule has 1 aromatic carbocycles. The molecule has 110 valence electrons. The topological polar surface area (TPSA) is 86.2 Å². The fraction of sp³-hybridized carbons (Fsp3) is 0.154. The molecule has 0 amide bonds. The second-order valence-corrected chi connectivity index (χ2v) is 6.59. The van der Waals surface area contributed by atoms with Crippen LogP contribution in [0.15, 0.2) is 35.4 Å². The molecule has 0 fully saturated rings. The number of carbonyl (C=O) groups is 1. The second-order valence-electron chi connectivity index (χ2n) is 4.20. The maximum absolute atomic E-state index is 12.0. The van der Waals surface area contributed by atoms with Crippen molar-refractivity contribution in [1.29, 1.82) is 0 Å². The maximum Gasteiger partial charge on any atom is 0.339 e. The molecule has 0 unspecified atom stereocenters. The summed E-state index contributed by atoms with van der Waals surface area (Å²) in [6.07, 6.45) is 2.51. The van der Waals surface area contributed by atoms with Crippen LogP contribution >= 0.6 is 11.6 Å². The summed E-state index contributed by atoms with van der Waals surface area (Å²) in [5.41, 5.74) is 0.603. The van der Waals surface area contributed by atoms with Crippen LogP contribution in [0.2, 0.25) is 5.02 Å². The average Bonchev–Trinajstić information content (AvgIpc) is 2.46. The number of rotatable bonds is 3. The summed E-state index contributed by atoms with van der Waals surface area (Å²) in [6, 6.07) is 5.78. The average molecular weight is 327 g/mol. The Morgan fingerprint density at radius 1 is 1.33 bits per heavy atom. The van der Waals surface area contributed by atoms with E-state index in [9.17, 15) is 13.2 Å². The number of ether oxygens (including phenoxy) is 1. The van der Waals surface area contributed by atoms with Crippen LogP contribution in [-0.4, -0.2) is 38.0 Å². The number of hydrogen-bond acceptors (Lipinski definition) is 6. The van der Waals surface area contributed by atoms with Gasteiger partial charge in [-0.3, -0.25) is 0 Å². The van der Waals surface area contributed by atoms with Crippen LogP contribution in [0.5, 0.6) is 0 Å². The third-order valence-electron chi connectivity index (χ3n) is 2.72. The van der Waals surface area contributed by atoms with E-state index in [0.29, 0.717) is 5.69 Å². The van der Waals surface area contributed by atoms with E-state index in [4.69, 9.17) is 11.6 Å². The standard InChI is InChI=1S/C13H11ClN2O4S/c1-20-13(17)8-7-12(21(2,18)19)9(6-10(8)14)11-4-3-5-15-16-11/h3-7H,1-2H3. The van der Waals surface area contributed by atoms with Crippen LogP contribution in [0.4, 0.5) is 0 Å². The van der Waals surface area contributed by atoms with Crippen molar-refractivity contribution in [3.05, 3.63) is 41.0 Å². The molecule has 0 aliphatic carbocycles. The summed E-state index contributed by atoms with van der Waals surface area (Å²) >= 11 is 6.03. The lowest BCUT2D eigenvalue weighted by atomic mass is 10.1. The van der Waals surface area contributed by atoms with Gasteiger partial charge in [-0.25, -0.2) is 13.2 Å². The molecule has 0 saturated heterocycles. The first-order valence-corrected chi connectivity index (χ1v) is 8.01. The molecule has 0 aliphatic heterocycles. The Kier molecular flexibility index (Phi) is 4.24. The summed E-state index contributed by atoms with van der Waals surface area (Å²) in [7, 11) is -2.41. The number of hydrogen-bond donors (Lipinski definition) is 0. The van der Waals surface area contributed by atoms with Crippen LogP contribution in [0.3, 0.4) is 0 Å². The molecule has 0 bridgehead atoms. The van der Waals surface area contributed by atoms with Crippen molar-refractivity contribution in [3.8, 4) is 11.3 Å². The minimum Gasteiger partial charge on any atom is -0.465 e. The van der Waals surface area contributed by atoms with Crippen molar-refractivity contribution in [3.63, 3.8) is 0 Å². The van der Waals surface area contributed by atoms with E-state index in [0.717, 1.165) is 6.26 Å². The van der Waals surface area contributed by atoms with E-state index in [1.807, 2.05) is 0 Å². The maximum atomic E-state index is 12.0. The van der Waals surface area contributed by atoms with E-state index < -0.39 is 15.8 Å². The molecular formula is C13H11ClN2O4S. The highest BCUT2D eigenvalue weighted by Gasteiger charge is 2.22. The Hall–Kier alpha value is -1.99. The minimum atomic E-state index is -3.60. The first kappa shape index (κ1) is 15.4. The van der Waals surface area contributed by atoms with Crippen molar-refractivity contribution in [2.24, 2.45) is 0 Å². The molecule has 0 saturated carbocycles. The fourth-order valence-corrected chi connectivity index (χ4v) is 2.91.